The molecule has 0 N–H and O–H groups in total. The Kier molecular flexibility index (Phi) is 10.0. The molecule has 0 radical (unpaired) electrons. The van der Waals surface area contributed by atoms with Gasteiger partial charge in [0, 0.05) is 72.3 Å². The van der Waals surface area contributed by atoms with Crippen LogP contribution in [0.1, 0.15) is 102 Å². The van der Waals surface area contributed by atoms with Gasteiger partial charge in [-0.15, -0.1) is 0 Å². The summed E-state index contributed by atoms with van der Waals surface area (Å²) in [6, 6.07) is 15.2. The number of ether oxygens (including phenoxy) is 2. The van der Waals surface area contributed by atoms with Crippen LogP contribution in [0.5, 0.6) is 0 Å². The molecule has 0 spiro atoms. The van der Waals surface area contributed by atoms with Gasteiger partial charge in [-0.2, -0.15) is 19.2 Å². The van der Waals surface area contributed by atoms with E-state index in [0.717, 1.165) is 59.5 Å². The predicted octanol–water partition coefficient (Wildman–Crippen LogP) is 7.89. The zero-order valence-electron chi connectivity index (χ0n) is 31.6. The average Bonchev–Trinajstić information content (AvgIpc) is 4.06. The Hall–Kier alpha value is -5.92. The van der Waals surface area contributed by atoms with Crippen LogP contribution in [-0.4, -0.2) is 62.6 Å². The number of hydrogen-bond donors (Lipinski definition) is 0. The van der Waals surface area contributed by atoms with Crippen LogP contribution in [-0.2, 0) is 22.6 Å². The molecule has 280 valence electrons. The fourth-order valence-electron chi connectivity index (χ4n) is 5.85. The molecular formula is C40H46N10O4. The molecule has 54 heavy (non-hydrogen) atoms. The summed E-state index contributed by atoms with van der Waals surface area (Å²) in [4.78, 5) is 47.0. The number of amides is 2. The molecule has 0 atom stereocenters. The maximum absolute atomic E-state index is 13.0. The minimum absolute atomic E-state index is 0.339. The van der Waals surface area contributed by atoms with Gasteiger partial charge >= 0.3 is 12.2 Å². The highest BCUT2D eigenvalue weighted by Gasteiger charge is 2.32. The quantitative estimate of drug-likeness (QED) is 0.152. The van der Waals surface area contributed by atoms with Crippen LogP contribution in [0.25, 0.3) is 11.3 Å². The largest absolute Gasteiger partial charge is 0.443 e. The second kappa shape index (κ2) is 14.8. The summed E-state index contributed by atoms with van der Waals surface area (Å²) in [5.74, 6) is 2.24. The molecule has 2 fully saturated rings. The van der Waals surface area contributed by atoms with Crippen LogP contribution < -0.4 is 9.80 Å². The Morgan fingerprint density at radius 2 is 1.06 bits per heavy atom. The molecule has 0 aromatic carbocycles. The highest BCUT2D eigenvalue weighted by Crippen LogP contribution is 2.41. The molecule has 0 bridgehead atoms. The third-order valence-corrected chi connectivity index (χ3v) is 8.62. The van der Waals surface area contributed by atoms with Crippen LogP contribution in [0, 0.1) is 0 Å². The van der Waals surface area contributed by atoms with Crippen LogP contribution in [0.3, 0.4) is 0 Å². The van der Waals surface area contributed by atoms with Crippen molar-refractivity contribution in [3.63, 3.8) is 0 Å². The zero-order chi connectivity index (χ0) is 38.0. The van der Waals surface area contributed by atoms with Gasteiger partial charge < -0.3 is 9.47 Å². The van der Waals surface area contributed by atoms with E-state index < -0.39 is 23.4 Å². The lowest BCUT2D eigenvalue weighted by molar-refractivity contribution is 0.0564. The highest BCUT2D eigenvalue weighted by molar-refractivity contribution is 5.88. The van der Waals surface area contributed by atoms with Gasteiger partial charge in [0.15, 0.2) is 11.3 Å². The Balaban J connectivity index is 0.000000167. The van der Waals surface area contributed by atoms with Gasteiger partial charge in [0.05, 0.1) is 25.5 Å². The van der Waals surface area contributed by atoms with E-state index in [0.29, 0.717) is 36.6 Å². The van der Waals surface area contributed by atoms with Gasteiger partial charge in [-0.05, 0) is 90.5 Å². The Morgan fingerprint density at radius 1 is 0.648 bits per heavy atom. The van der Waals surface area contributed by atoms with Crippen LogP contribution in [0.4, 0.5) is 21.2 Å². The van der Waals surface area contributed by atoms with Gasteiger partial charge in [-0.25, -0.2) is 19.6 Å². The summed E-state index contributed by atoms with van der Waals surface area (Å²) in [5, 5.41) is 8.74. The third-order valence-electron chi connectivity index (χ3n) is 8.62. The lowest BCUT2D eigenvalue weighted by Crippen LogP contribution is -2.37. The summed E-state index contributed by atoms with van der Waals surface area (Å²) in [5.41, 5.74) is 4.08. The predicted molar refractivity (Wildman–Crippen MR) is 203 cm³/mol. The summed E-state index contributed by atoms with van der Waals surface area (Å²) in [6.45, 7) is 11.8. The summed E-state index contributed by atoms with van der Waals surface area (Å²) in [6.07, 6.45) is 14.0. The van der Waals surface area contributed by atoms with Gasteiger partial charge in [0.2, 0.25) is 0 Å². The number of rotatable bonds is 8. The Labute approximate surface area is 314 Å². The first-order valence-corrected chi connectivity index (χ1v) is 18.3. The monoisotopic (exact) mass is 730 g/mol. The lowest BCUT2D eigenvalue weighted by atomic mass is 10.2. The van der Waals surface area contributed by atoms with Crippen molar-refractivity contribution in [2.45, 2.75) is 103 Å². The first kappa shape index (κ1) is 36.4. The molecule has 6 aromatic heterocycles. The van der Waals surface area contributed by atoms with Crippen LogP contribution in [0.2, 0.25) is 0 Å². The molecular weight excluding hydrogens is 685 g/mol. The van der Waals surface area contributed by atoms with Gasteiger partial charge in [-0.3, -0.25) is 19.8 Å². The van der Waals surface area contributed by atoms with Gasteiger partial charge in [-0.1, -0.05) is 12.1 Å². The van der Waals surface area contributed by atoms with Crippen molar-refractivity contribution < 1.29 is 19.1 Å². The zero-order valence-corrected chi connectivity index (χ0v) is 31.6. The maximum Gasteiger partial charge on any atom is 0.416 e. The number of carbonyl (C=O) groups is 2. The molecule has 6 heterocycles. The van der Waals surface area contributed by atoms with E-state index in [1.807, 2.05) is 90.1 Å². The molecule has 2 aliphatic rings. The van der Waals surface area contributed by atoms with Crippen molar-refractivity contribution in [3.05, 3.63) is 108 Å². The number of hydrogen-bond acceptors (Lipinski definition) is 10. The number of anilines is 2. The number of nitrogens with zero attached hydrogens (tertiary/aromatic N) is 10. The van der Waals surface area contributed by atoms with E-state index in [1.54, 1.807) is 56.0 Å². The van der Waals surface area contributed by atoms with E-state index in [1.165, 1.54) is 0 Å². The molecule has 2 aliphatic carbocycles. The van der Waals surface area contributed by atoms with E-state index in [9.17, 15) is 9.59 Å². The summed E-state index contributed by atoms with van der Waals surface area (Å²) < 4.78 is 14.7. The molecule has 0 aliphatic heterocycles. The maximum atomic E-state index is 13.0. The number of fused-ring (bicyclic) bond motifs is 2. The first-order valence-electron chi connectivity index (χ1n) is 18.3. The van der Waals surface area contributed by atoms with Crippen LogP contribution in [0.15, 0.2) is 85.7 Å². The fourth-order valence-corrected chi connectivity index (χ4v) is 5.85. The number of carbonyl (C=O) groups excluding carboxylic acids is 2. The fraction of sp³-hybridized carbons (Fsp3) is 0.400. The highest BCUT2D eigenvalue weighted by atomic mass is 16.6. The molecule has 14 heteroatoms. The van der Waals surface area contributed by atoms with Crippen molar-refractivity contribution in [1.82, 2.24) is 39.2 Å². The normalized spacial score (nSPS) is 14.3. The molecule has 2 saturated carbocycles. The Morgan fingerprint density at radius 3 is 1.39 bits per heavy atom. The van der Waals surface area contributed by atoms with E-state index in [-0.39, 0.29) is 0 Å². The molecule has 0 unspecified atom stereocenters. The smallest absolute Gasteiger partial charge is 0.416 e. The van der Waals surface area contributed by atoms with Crippen molar-refractivity contribution in [3.8, 4) is 0 Å². The van der Waals surface area contributed by atoms with E-state index in [2.05, 4.69) is 20.2 Å². The summed E-state index contributed by atoms with van der Waals surface area (Å²) in [7, 11) is 0. The molecule has 14 nitrogen and oxygen atoms in total. The third kappa shape index (κ3) is 8.99. The first-order chi connectivity index (χ1) is 25.8. The number of pyridine rings is 2. The van der Waals surface area contributed by atoms with Crippen molar-refractivity contribution in [2.24, 2.45) is 0 Å². The van der Waals surface area contributed by atoms with E-state index >= 15 is 0 Å². The average molecular weight is 731 g/mol. The molecule has 2 amide bonds. The summed E-state index contributed by atoms with van der Waals surface area (Å²) >= 11 is 0. The van der Waals surface area contributed by atoms with E-state index in [4.69, 9.17) is 19.4 Å². The molecule has 6 aromatic rings. The minimum atomic E-state index is -0.597. The molecule has 8 rings (SSSR count). The molecule has 0 saturated heterocycles. The second-order valence-electron chi connectivity index (χ2n) is 15.7. The minimum Gasteiger partial charge on any atom is -0.443 e. The SMILES string of the molecule is CC(C)(C)OC(=O)N(Cc1cccnc1)c1cc(C2CC2)nc2ccnn12.CC(C)(C)OC(=O)N(Cc1cccnc1)c1cc(C2CC2)nc2ccnn12. The standard InChI is InChI=1S/2C20H23N5O2/c2*1-20(2,3)27-19(26)24(13-14-5-4-9-21-12-14)18-11-16(15-6-7-15)23-17-8-10-22-25(17)18/h2*4-5,8-12,15H,6-7,13H2,1-3H3. The van der Waals surface area contributed by atoms with Crippen molar-refractivity contribution in [1.29, 1.82) is 0 Å². The van der Waals surface area contributed by atoms with Crippen molar-refractivity contribution in [2.75, 3.05) is 9.80 Å². The second-order valence-corrected chi connectivity index (χ2v) is 15.7. The number of aromatic nitrogens is 8. The topological polar surface area (TPSA) is 145 Å². The lowest BCUT2D eigenvalue weighted by Gasteiger charge is -2.28. The van der Waals surface area contributed by atoms with Crippen molar-refractivity contribution >= 4 is 35.1 Å². The van der Waals surface area contributed by atoms with Crippen LogP contribution >= 0.6 is 0 Å². The Bertz CT molecular complexity index is 2070. The van der Waals surface area contributed by atoms with Gasteiger partial charge in [0.1, 0.15) is 22.8 Å². The van der Waals surface area contributed by atoms with Gasteiger partial charge in [0.25, 0.3) is 0 Å².